The van der Waals surface area contributed by atoms with Crippen LogP contribution in [0.4, 0.5) is 0 Å². The van der Waals surface area contributed by atoms with Crippen LogP contribution in [-0.4, -0.2) is 4.57 Å². The van der Waals surface area contributed by atoms with Crippen molar-refractivity contribution in [2.75, 3.05) is 0 Å². The molecule has 0 aliphatic rings. The zero-order valence-corrected chi connectivity index (χ0v) is 31.2. The van der Waals surface area contributed by atoms with Gasteiger partial charge in [0.2, 0.25) is 6.33 Å². The van der Waals surface area contributed by atoms with Crippen LogP contribution in [0.3, 0.4) is 0 Å². The van der Waals surface area contributed by atoms with Crippen molar-refractivity contribution >= 4 is 0 Å². The Bertz CT molecular complexity index is 590. The van der Waals surface area contributed by atoms with E-state index in [9.17, 15) is 0 Å². The highest BCUT2D eigenvalue weighted by Crippen LogP contribution is 2.15. The molecule has 262 valence electrons. The lowest BCUT2D eigenvalue weighted by Gasteiger charge is -2.03. The first kappa shape index (κ1) is 43.5. The highest BCUT2D eigenvalue weighted by atomic mass is 35.5. The zero-order valence-electron chi connectivity index (χ0n) is 30.5. The van der Waals surface area contributed by atoms with E-state index < -0.39 is 0 Å². The fourth-order valence-electron chi connectivity index (χ4n) is 6.74. The average Bonchev–Trinajstić information content (AvgIpc) is 3.47. The number of unbranched alkanes of at least 4 members (excludes halogenated alkanes) is 32. The summed E-state index contributed by atoms with van der Waals surface area (Å²) in [6.07, 6.45) is 56.2. The minimum Gasteiger partial charge on any atom is -1.00 e. The van der Waals surface area contributed by atoms with Crippen LogP contribution in [0, 0.1) is 0 Å². The number of aromatic nitrogens is 2. The van der Waals surface area contributed by atoms with Gasteiger partial charge in [0.25, 0.3) is 0 Å². The van der Waals surface area contributed by atoms with Crippen LogP contribution in [-0.2, 0) is 13.1 Å². The summed E-state index contributed by atoms with van der Waals surface area (Å²) < 4.78 is 4.83. The van der Waals surface area contributed by atoms with E-state index in [0.29, 0.717) is 0 Å². The predicted molar refractivity (Wildman–Crippen MR) is 193 cm³/mol. The molecule has 0 fully saturated rings. The van der Waals surface area contributed by atoms with Gasteiger partial charge < -0.3 is 12.4 Å². The molecule has 0 aliphatic carbocycles. The Morgan fingerprint density at radius 1 is 0.364 bits per heavy atom. The number of hydrogen-bond donors (Lipinski definition) is 0. The number of rotatable bonds is 36. The van der Waals surface area contributed by atoms with Crippen LogP contribution in [0.25, 0.3) is 0 Å². The van der Waals surface area contributed by atoms with Crippen LogP contribution in [0.1, 0.15) is 232 Å². The molecular formula is C41H81ClN2. The number of nitrogens with zero attached hydrogens (tertiary/aromatic N) is 2. The minimum atomic E-state index is 0. The second-order valence-corrected chi connectivity index (χ2v) is 14.2. The van der Waals surface area contributed by atoms with E-state index in [-0.39, 0.29) is 12.4 Å². The number of halogens is 1. The second-order valence-electron chi connectivity index (χ2n) is 14.2. The molecule has 0 unspecified atom stereocenters. The molecule has 3 heteroatoms. The fourth-order valence-corrected chi connectivity index (χ4v) is 6.74. The largest absolute Gasteiger partial charge is 1.00 e. The second kappa shape index (κ2) is 37.0. The van der Waals surface area contributed by atoms with Gasteiger partial charge in [0, 0.05) is 0 Å². The van der Waals surface area contributed by atoms with Crippen LogP contribution in [0.5, 0.6) is 0 Å². The summed E-state index contributed by atoms with van der Waals surface area (Å²) in [6, 6.07) is 0. The first-order valence-electron chi connectivity index (χ1n) is 20.4. The molecule has 0 spiro atoms. The maximum Gasteiger partial charge on any atom is 0.243 e. The summed E-state index contributed by atoms with van der Waals surface area (Å²) in [6.45, 7) is 7.01. The molecule has 1 rings (SSSR count). The van der Waals surface area contributed by atoms with Gasteiger partial charge in [-0.2, -0.15) is 0 Å². The summed E-state index contributed by atoms with van der Waals surface area (Å²) in [4.78, 5) is 0. The molecular weight excluding hydrogens is 556 g/mol. The van der Waals surface area contributed by atoms with E-state index in [4.69, 9.17) is 0 Å². The molecule has 1 heterocycles. The van der Waals surface area contributed by atoms with E-state index in [1.165, 1.54) is 231 Å². The van der Waals surface area contributed by atoms with Crippen LogP contribution >= 0.6 is 0 Å². The quantitative estimate of drug-likeness (QED) is 0.0512. The van der Waals surface area contributed by atoms with Gasteiger partial charge in [-0.25, -0.2) is 9.13 Å². The predicted octanol–water partition coefficient (Wildman–Crippen LogP) is 11.1. The summed E-state index contributed by atoms with van der Waals surface area (Å²) >= 11 is 0. The Hall–Kier alpha value is -0.500. The molecule has 1 aromatic heterocycles. The van der Waals surface area contributed by atoms with Gasteiger partial charge in [0.15, 0.2) is 0 Å². The smallest absolute Gasteiger partial charge is 0.243 e. The Labute approximate surface area is 284 Å². The molecule has 0 amide bonds. The van der Waals surface area contributed by atoms with Crippen molar-refractivity contribution in [3.05, 3.63) is 18.7 Å². The molecule has 0 saturated carbocycles. The van der Waals surface area contributed by atoms with E-state index in [1.807, 2.05) is 0 Å². The summed E-state index contributed by atoms with van der Waals surface area (Å²) in [5.41, 5.74) is 0. The number of imidazole rings is 1. The Morgan fingerprint density at radius 2 is 0.636 bits per heavy atom. The molecule has 0 aliphatic heterocycles. The van der Waals surface area contributed by atoms with E-state index in [2.05, 4.69) is 41.7 Å². The number of hydrogen-bond acceptors (Lipinski definition) is 0. The first-order chi connectivity index (χ1) is 21.4. The molecule has 0 saturated heterocycles. The summed E-state index contributed by atoms with van der Waals surface area (Å²) in [5, 5.41) is 0. The molecule has 1 aromatic rings. The normalized spacial score (nSPS) is 11.3. The third-order valence-electron chi connectivity index (χ3n) is 9.79. The van der Waals surface area contributed by atoms with Crippen molar-refractivity contribution in [2.24, 2.45) is 0 Å². The van der Waals surface area contributed by atoms with Crippen LogP contribution in [0.15, 0.2) is 18.7 Å². The third-order valence-corrected chi connectivity index (χ3v) is 9.79. The van der Waals surface area contributed by atoms with E-state index >= 15 is 0 Å². The summed E-state index contributed by atoms with van der Waals surface area (Å²) in [7, 11) is 0. The first-order valence-corrected chi connectivity index (χ1v) is 20.4. The van der Waals surface area contributed by atoms with Crippen molar-refractivity contribution in [2.45, 2.75) is 245 Å². The topological polar surface area (TPSA) is 8.81 Å². The number of aryl methyl sites for hydroxylation is 2. The highest BCUT2D eigenvalue weighted by Gasteiger charge is 2.04. The lowest BCUT2D eigenvalue weighted by Crippen LogP contribution is -3.00. The molecule has 0 aromatic carbocycles. The van der Waals surface area contributed by atoms with Gasteiger partial charge >= 0.3 is 0 Å². The van der Waals surface area contributed by atoms with Gasteiger partial charge in [-0.05, 0) is 25.7 Å². The Balaban J connectivity index is 0.0000185. The zero-order chi connectivity index (χ0) is 30.7. The van der Waals surface area contributed by atoms with Crippen molar-refractivity contribution in [1.82, 2.24) is 4.57 Å². The molecule has 44 heavy (non-hydrogen) atoms. The van der Waals surface area contributed by atoms with Gasteiger partial charge in [0.1, 0.15) is 12.4 Å². The van der Waals surface area contributed by atoms with E-state index in [0.717, 1.165) is 0 Å². The van der Waals surface area contributed by atoms with Gasteiger partial charge in [0.05, 0.1) is 13.1 Å². The monoisotopic (exact) mass is 637 g/mol. The maximum absolute atomic E-state index is 2.42. The molecule has 0 bridgehead atoms. The summed E-state index contributed by atoms with van der Waals surface area (Å²) in [5.74, 6) is 0. The van der Waals surface area contributed by atoms with Crippen LogP contribution < -0.4 is 17.0 Å². The van der Waals surface area contributed by atoms with Crippen molar-refractivity contribution in [3.63, 3.8) is 0 Å². The Kier molecular flexibility index (Phi) is 36.5. The van der Waals surface area contributed by atoms with Gasteiger partial charge in [-0.1, -0.05) is 206 Å². The molecule has 0 N–H and O–H groups in total. The molecule has 2 nitrogen and oxygen atoms in total. The fraction of sp³-hybridized carbons (Fsp3) is 0.927. The lowest BCUT2D eigenvalue weighted by molar-refractivity contribution is -0.696. The standard InChI is InChI=1S/C41H81N2.ClH/c1-3-5-7-9-11-13-15-17-19-21-23-25-27-29-31-33-35-37-42-39-40-43(41-42)38-36-34-32-30-28-26-24-22-20-18-16-14-12-10-8-6-4-2;/h39-41H,3-38H2,1-2H3;1H/q+1;/p-1. The molecule has 0 atom stereocenters. The van der Waals surface area contributed by atoms with Crippen molar-refractivity contribution < 1.29 is 17.0 Å². The maximum atomic E-state index is 2.42. The minimum absolute atomic E-state index is 0. The van der Waals surface area contributed by atoms with E-state index in [1.54, 1.807) is 0 Å². The molecule has 0 radical (unpaired) electrons. The lowest BCUT2D eigenvalue weighted by atomic mass is 10.0. The third kappa shape index (κ3) is 31.5. The van der Waals surface area contributed by atoms with Crippen LogP contribution in [0.2, 0.25) is 0 Å². The van der Waals surface area contributed by atoms with Gasteiger partial charge in [-0.15, -0.1) is 0 Å². The van der Waals surface area contributed by atoms with Crippen molar-refractivity contribution in [1.29, 1.82) is 0 Å². The van der Waals surface area contributed by atoms with Crippen molar-refractivity contribution in [3.8, 4) is 0 Å². The highest BCUT2D eigenvalue weighted by molar-refractivity contribution is 4.66. The average molecular weight is 638 g/mol. The van der Waals surface area contributed by atoms with Gasteiger partial charge in [-0.3, -0.25) is 0 Å². The Morgan fingerprint density at radius 3 is 0.955 bits per heavy atom. The SMILES string of the molecule is CCCCCCCCCCCCCCCCCCCn1cc[n+](CCCCCCCCCCCCCCCCCCC)c1.[Cl-].